The third-order valence-corrected chi connectivity index (χ3v) is 4.88. The fourth-order valence-corrected chi connectivity index (χ4v) is 3.46. The molecule has 2 aromatic rings. The molecule has 1 nitrogen and oxygen atoms in total. The van der Waals surface area contributed by atoms with Crippen molar-refractivity contribution in [3.8, 4) is 11.8 Å². The molecule has 0 spiro atoms. The first kappa shape index (κ1) is 16.8. The van der Waals surface area contributed by atoms with E-state index in [1.165, 1.54) is 43.5 Å². The summed E-state index contributed by atoms with van der Waals surface area (Å²) in [6.07, 6.45) is 4.85. The molecule has 1 heteroatoms. The molecule has 0 aromatic heterocycles. The highest BCUT2D eigenvalue weighted by molar-refractivity contribution is 5.36. The first-order valence-corrected chi connectivity index (χ1v) is 9.11. The first-order chi connectivity index (χ1) is 11.8. The Kier molecular flexibility index (Phi) is 6.10. The van der Waals surface area contributed by atoms with Crippen LogP contribution in [0.3, 0.4) is 0 Å². The van der Waals surface area contributed by atoms with Crippen LogP contribution in [0.2, 0.25) is 0 Å². The van der Waals surface area contributed by atoms with Gasteiger partial charge in [0.15, 0.2) is 0 Å². The lowest BCUT2D eigenvalue weighted by Crippen LogP contribution is -2.34. The summed E-state index contributed by atoms with van der Waals surface area (Å²) in [5, 5.41) is 0. The van der Waals surface area contributed by atoms with E-state index < -0.39 is 0 Å². The number of hydrogen-bond donors (Lipinski definition) is 0. The zero-order valence-electron chi connectivity index (χ0n) is 14.7. The van der Waals surface area contributed by atoms with Crippen LogP contribution in [0.1, 0.15) is 36.0 Å². The number of aryl methyl sites for hydroxylation is 1. The molecule has 1 heterocycles. The van der Waals surface area contributed by atoms with Gasteiger partial charge in [-0.15, -0.1) is 0 Å². The minimum absolute atomic E-state index is 0.849. The summed E-state index contributed by atoms with van der Waals surface area (Å²) in [6, 6.07) is 19.4. The molecule has 0 radical (unpaired) electrons. The van der Waals surface area contributed by atoms with Crippen LogP contribution in [0.5, 0.6) is 0 Å². The molecular weight excluding hydrogens is 290 g/mol. The first-order valence-electron chi connectivity index (χ1n) is 9.11. The topological polar surface area (TPSA) is 3.24 Å². The third-order valence-electron chi connectivity index (χ3n) is 4.88. The van der Waals surface area contributed by atoms with E-state index in [2.05, 4.69) is 78.3 Å². The van der Waals surface area contributed by atoms with Crippen molar-refractivity contribution in [2.45, 2.75) is 32.6 Å². The summed E-state index contributed by atoms with van der Waals surface area (Å²) in [6.45, 7) is 5.68. The second-order valence-electron chi connectivity index (χ2n) is 6.90. The highest BCUT2D eigenvalue weighted by Crippen LogP contribution is 2.21. The Hall–Kier alpha value is -2.04. The van der Waals surface area contributed by atoms with Crippen LogP contribution >= 0.6 is 0 Å². The van der Waals surface area contributed by atoms with E-state index in [0.29, 0.717) is 0 Å². The van der Waals surface area contributed by atoms with Crippen molar-refractivity contribution in [2.24, 2.45) is 5.92 Å². The Morgan fingerprint density at radius 3 is 2.54 bits per heavy atom. The molecule has 0 unspecified atom stereocenters. The van der Waals surface area contributed by atoms with E-state index in [4.69, 9.17) is 0 Å². The van der Waals surface area contributed by atoms with E-state index in [1.807, 2.05) is 0 Å². The molecule has 1 fully saturated rings. The zero-order valence-corrected chi connectivity index (χ0v) is 14.7. The molecular formula is C23H27N. The predicted molar refractivity (Wildman–Crippen MR) is 102 cm³/mol. The summed E-state index contributed by atoms with van der Waals surface area (Å²) in [4.78, 5) is 2.58. The van der Waals surface area contributed by atoms with Crippen molar-refractivity contribution >= 4 is 0 Å². The van der Waals surface area contributed by atoms with Crippen molar-refractivity contribution in [2.75, 3.05) is 19.6 Å². The number of benzene rings is 2. The minimum atomic E-state index is 0.849. The monoisotopic (exact) mass is 317 g/mol. The van der Waals surface area contributed by atoms with Crippen LogP contribution in [-0.4, -0.2) is 24.5 Å². The van der Waals surface area contributed by atoms with Gasteiger partial charge in [-0.3, -0.25) is 0 Å². The van der Waals surface area contributed by atoms with E-state index in [9.17, 15) is 0 Å². The van der Waals surface area contributed by atoms with Gasteiger partial charge in [-0.1, -0.05) is 54.3 Å². The number of likely N-dealkylation sites (tertiary alicyclic amines) is 1. The van der Waals surface area contributed by atoms with Gasteiger partial charge in [-0.2, -0.15) is 0 Å². The van der Waals surface area contributed by atoms with E-state index in [1.54, 1.807) is 0 Å². The molecule has 0 amide bonds. The van der Waals surface area contributed by atoms with Gasteiger partial charge in [-0.05, 0) is 68.5 Å². The third kappa shape index (κ3) is 5.25. The molecule has 0 atom stereocenters. The molecule has 24 heavy (non-hydrogen) atoms. The Morgan fingerprint density at radius 2 is 1.79 bits per heavy atom. The lowest BCUT2D eigenvalue weighted by molar-refractivity contribution is 0.187. The maximum absolute atomic E-state index is 3.34. The predicted octanol–water partition coefficient (Wildman–Crippen LogP) is 4.69. The van der Waals surface area contributed by atoms with E-state index in [-0.39, 0.29) is 0 Å². The molecule has 0 bridgehead atoms. The summed E-state index contributed by atoms with van der Waals surface area (Å²) in [7, 11) is 0. The van der Waals surface area contributed by atoms with Gasteiger partial charge in [0.25, 0.3) is 0 Å². The maximum atomic E-state index is 3.34. The largest absolute Gasteiger partial charge is 0.302 e. The Balaban J connectivity index is 1.38. The summed E-state index contributed by atoms with van der Waals surface area (Å²) < 4.78 is 0. The average Bonchev–Trinajstić information content (AvgIpc) is 2.61. The maximum Gasteiger partial charge on any atom is 0.0247 e. The lowest BCUT2D eigenvalue weighted by Gasteiger charge is -2.31. The molecule has 3 rings (SSSR count). The summed E-state index contributed by atoms with van der Waals surface area (Å²) in [5.41, 5.74) is 3.90. The Bertz CT molecular complexity index is 685. The van der Waals surface area contributed by atoms with Crippen molar-refractivity contribution in [1.29, 1.82) is 0 Å². The molecule has 124 valence electrons. The second kappa shape index (κ2) is 8.71. The van der Waals surface area contributed by atoms with Gasteiger partial charge in [0, 0.05) is 18.5 Å². The molecule has 1 aliphatic heterocycles. The number of rotatable bonds is 4. The van der Waals surface area contributed by atoms with Crippen LogP contribution in [0.4, 0.5) is 0 Å². The van der Waals surface area contributed by atoms with Crippen molar-refractivity contribution < 1.29 is 0 Å². The quantitative estimate of drug-likeness (QED) is 0.739. The Morgan fingerprint density at radius 1 is 1.00 bits per heavy atom. The van der Waals surface area contributed by atoms with Crippen molar-refractivity contribution in [1.82, 2.24) is 4.90 Å². The molecule has 2 aromatic carbocycles. The fourth-order valence-electron chi connectivity index (χ4n) is 3.46. The summed E-state index contributed by atoms with van der Waals surface area (Å²) >= 11 is 0. The molecule has 0 aliphatic carbocycles. The molecule has 1 aliphatic rings. The van der Waals surface area contributed by atoms with Gasteiger partial charge in [-0.25, -0.2) is 0 Å². The van der Waals surface area contributed by atoms with Crippen LogP contribution in [0, 0.1) is 24.7 Å². The van der Waals surface area contributed by atoms with Crippen molar-refractivity contribution in [3.63, 3.8) is 0 Å². The molecule has 0 N–H and O–H groups in total. The van der Waals surface area contributed by atoms with Crippen LogP contribution in [0.25, 0.3) is 0 Å². The lowest BCUT2D eigenvalue weighted by atomic mass is 9.90. The Labute approximate surface area is 146 Å². The highest BCUT2D eigenvalue weighted by atomic mass is 15.1. The van der Waals surface area contributed by atoms with Gasteiger partial charge >= 0.3 is 0 Å². The van der Waals surface area contributed by atoms with Gasteiger partial charge in [0.2, 0.25) is 0 Å². The van der Waals surface area contributed by atoms with Crippen LogP contribution < -0.4 is 0 Å². The van der Waals surface area contributed by atoms with E-state index >= 15 is 0 Å². The summed E-state index contributed by atoms with van der Waals surface area (Å²) in [5.74, 6) is 7.47. The van der Waals surface area contributed by atoms with Crippen LogP contribution in [-0.2, 0) is 6.42 Å². The van der Waals surface area contributed by atoms with Crippen molar-refractivity contribution in [3.05, 3.63) is 71.3 Å². The molecule has 0 saturated carbocycles. The fraction of sp³-hybridized carbons (Fsp3) is 0.391. The SMILES string of the molecule is Cc1cccc(C#CCCN2CCC(Cc3ccccc3)CC2)c1. The van der Waals surface area contributed by atoms with Gasteiger partial charge in [0.05, 0.1) is 0 Å². The smallest absolute Gasteiger partial charge is 0.0247 e. The second-order valence-corrected chi connectivity index (χ2v) is 6.90. The normalized spacial score (nSPS) is 15.7. The molecule has 1 saturated heterocycles. The average molecular weight is 317 g/mol. The van der Waals surface area contributed by atoms with Gasteiger partial charge in [0.1, 0.15) is 0 Å². The van der Waals surface area contributed by atoms with Gasteiger partial charge < -0.3 is 4.90 Å². The van der Waals surface area contributed by atoms with Crippen LogP contribution in [0.15, 0.2) is 54.6 Å². The highest BCUT2D eigenvalue weighted by Gasteiger charge is 2.18. The number of hydrogen-bond acceptors (Lipinski definition) is 1. The number of nitrogens with zero attached hydrogens (tertiary/aromatic N) is 1. The number of piperidine rings is 1. The zero-order chi connectivity index (χ0) is 16.6. The standard InChI is InChI=1S/C23H27N/c1-20-8-7-12-21(18-20)11-5-6-15-24-16-13-23(14-17-24)19-22-9-3-2-4-10-22/h2-4,7-10,12,18,23H,6,13-17,19H2,1H3. The van der Waals surface area contributed by atoms with E-state index in [0.717, 1.165) is 24.4 Å². The minimum Gasteiger partial charge on any atom is -0.302 e.